The van der Waals surface area contributed by atoms with E-state index in [9.17, 15) is 31.5 Å². The number of alkyl halides is 5. The predicted molar refractivity (Wildman–Crippen MR) is 144 cm³/mol. The first-order chi connectivity index (χ1) is 20.1. The summed E-state index contributed by atoms with van der Waals surface area (Å²) >= 11 is 12.0. The van der Waals surface area contributed by atoms with E-state index in [0.29, 0.717) is 22.1 Å². The Balaban J connectivity index is 1.37. The third-order valence-electron chi connectivity index (χ3n) is 6.51. The number of nitrogens with zero attached hydrogens (tertiary/aromatic N) is 6. The van der Waals surface area contributed by atoms with Crippen LogP contribution < -0.4 is 16.0 Å². The minimum Gasteiger partial charge on any atom is -0.375 e. The molecular weight excluding hydrogens is 628 g/mol. The van der Waals surface area contributed by atoms with Gasteiger partial charge in [-0.05, 0) is 13.0 Å². The predicted octanol–water partition coefficient (Wildman–Crippen LogP) is 5.97. The number of methoxy groups -OCH3 is 1. The molecule has 0 saturated heterocycles. The summed E-state index contributed by atoms with van der Waals surface area (Å²) in [6.45, 7) is 1.68. The second kappa shape index (κ2) is 11.2. The van der Waals surface area contributed by atoms with Crippen molar-refractivity contribution in [2.24, 2.45) is 5.92 Å². The number of amides is 3. The molecule has 43 heavy (non-hydrogen) atoms. The first-order valence-corrected chi connectivity index (χ1v) is 13.1. The van der Waals surface area contributed by atoms with Gasteiger partial charge in [0.25, 0.3) is 0 Å². The van der Waals surface area contributed by atoms with Gasteiger partial charge in [-0.1, -0.05) is 23.2 Å². The number of anilines is 3. The highest BCUT2D eigenvalue weighted by Gasteiger charge is 2.48. The van der Waals surface area contributed by atoms with Gasteiger partial charge in [-0.25, -0.2) is 32.7 Å². The van der Waals surface area contributed by atoms with Crippen molar-refractivity contribution in [3.8, 4) is 5.82 Å². The van der Waals surface area contributed by atoms with Gasteiger partial charge in [0.1, 0.15) is 5.56 Å². The zero-order valence-electron chi connectivity index (χ0n) is 22.0. The molecule has 1 fully saturated rings. The first-order valence-electron chi connectivity index (χ1n) is 12.3. The lowest BCUT2D eigenvalue weighted by molar-refractivity contribution is -0.145. The molecule has 4 heterocycles. The van der Waals surface area contributed by atoms with Crippen LogP contribution in [0.15, 0.2) is 30.7 Å². The second-order valence-corrected chi connectivity index (χ2v) is 10.3. The fourth-order valence-electron chi connectivity index (χ4n) is 4.35. The first kappa shape index (κ1) is 30.4. The van der Waals surface area contributed by atoms with Crippen LogP contribution in [0.4, 0.5) is 43.8 Å². The number of nitrogens with one attached hydrogen (secondary N) is 3. The van der Waals surface area contributed by atoms with Gasteiger partial charge in [-0.2, -0.15) is 23.4 Å². The van der Waals surface area contributed by atoms with Gasteiger partial charge in [-0.3, -0.25) is 4.79 Å². The summed E-state index contributed by atoms with van der Waals surface area (Å²) in [5.74, 6) is -5.41. The lowest BCUT2D eigenvalue weighted by Gasteiger charge is -2.33. The summed E-state index contributed by atoms with van der Waals surface area (Å²) in [7, 11) is 1.43. The minimum atomic E-state index is -4.97. The van der Waals surface area contributed by atoms with Crippen molar-refractivity contribution < 1.29 is 36.3 Å². The monoisotopic (exact) mass is 647 g/mol. The number of hydrogen-bond acceptors (Lipinski definition) is 7. The highest BCUT2D eigenvalue weighted by atomic mass is 35.5. The number of carbonyl (C=O) groups excluding carboxylic acids is 2. The molecule has 0 aliphatic heterocycles. The Labute approximate surface area is 248 Å². The Morgan fingerprint density at radius 2 is 1.79 bits per heavy atom. The SMILES string of the molecule is CO[C@@H](C)c1c(NC(=O)Nc2cnc(-n3cc(NC(=O)C4CC(F)(F)C4)c(Cl)n3)c(C(F)(F)F)c2)cnc2cc(Cl)nn12. The molecule has 4 aromatic rings. The van der Waals surface area contributed by atoms with Gasteiger partial charge in [0.15, 0.2) is 21.8 Å². The highest BCUT2D eigenvalue weighted by Crippen LogP contribution is 2.43. The molecule has 4 aromatic heterocycles. The van der Waals surface area contributed by atoms with Crippen LogP contribution in [0.5, 0.6) is 0 Å². The maximum atomic E-state index is 14.1. The topological polar surface area (TPSA) is 140 Å². The van der Waals surface area contributed by atoms with Crippen molar-refractivity contribution in [3.63, 3.8) is 0 Å². The van der Waals surface area contributed by atoms with Crippen molar-refractivity contribution in [3.05, 3.63) is 52.3 Å². The zero-order valence-corrected chi connectivity index (χ0v) is 23.5. The molecule has 1 aliphatic carbocycles. The number of aromatic nitrogens is 6. The van der Waals surface area contributed by atoms with Crippen LogP contribution in [-0.2, 0) is 15.7 Å². The molecule has 0 unspecified atom stereocenters. The number of fused-ring (bicyclic) bond motifs is 1. The summed E-state index contributed by atoms with van der Waals surface area (Å²) < 4.78 is 75.8. The highest BCUT2D eigenvalue weighted by molar-refractivity contribution is 6.32. The Kier molecular flexibility index (Phi) is 7.91. The van der Waals surface area contributed by atoms with Crippen LogP contribution in [0.3, 0.4) is 0 Å². The number of urea groups is 1. The van der Waals surface area contributed by atoms with Crippen molar-refractivity contribution in [1.29, 1.82) is 0 Å². The molecule has 19 heteroatoms. The number of ether oxygens (including phenoxy) is 1. The normalized spacial score (nSPS) is 15.7. The summed E-state index contributed by atoms with van der Waals surface area (Å²) in [6.07, 6.45) is -3.64. The average molecular weight is 648 g/mol. The molecule has 0 aromatic carbocycles. The molecule has 228 valence electrons. The number of hydrogen-bond donors (Lipinski definition) is 3. The Morgan fingerprint density at radius 3 is 2.44 bits per heavy atom. The van der Waals surface area contributed by atoms with Crippen molar-refractivity contribution >= 4 is 57.8 Å². The van der Waals surface area contributed by atoms with Gasteiger partial charge >= 0.3 is 12.2 Å². The molecule has 0 bridgehead atoms. The maximum absolute atomic E-state index is 14.1. The van der Waals surface area contributed by atoms with E-state index >= 15 is 0 Å². The molecule has 3 amide bonds. The van der Waals surface area contributed by atoms with Crippen LogP contribution in [-0.4, -0.2) is 54.3 Å². The van der Waals surface area contributed by atoms with Crippen molar-refractivity contribution in [2.45, 2.75) is 38.0 Å². The van der Waals surface area contributed by atoms with Gasteiger partial charge in [-0.15, -0.1) is 0 Å². The fourth-order valence-corrected chi connectivity index (χ4v) is 4.70. The van der Waals surface area contributed by atoms with Crippen LogP contribution >= 0.6 is 23.2 Å². The van der Waals surface area contributed by atoms with E-state index in [1.807, 2.05) is 0 Å². The number of carbonyl (C=O) groups is 2. The quantitative estimate of drug-likeness (QED) is 0.210. The van der Waals surface area contributed by atoms with Crippen LogP contribution in [0, 0.1) is 5.92 Å². The number of pyridine rings is 1. The van der Waals surface area contributed by atoms with Crippen LogP contribution in [0.25, 0.3) is 11.5 Å². The smallest absolute Gasteiger partial charge is 0.375 e. The lowest BCUT2D eigenvalue weighted by atomic mass is 9.81. The van der Waals surface area contributed by atoms with E-state index in [4.69, 9.17) is 27.9 Å². The largest absolute Gasteiger partial charge is 0.420 e. The maximum Gasteiger partial charge on any atom is 0.420 e. The lowest BCUT2D eigenvalue weighted by Crippen LogP contribution is -2.42. The van der Waals surface area contributed by atoms with E-state index in [1.165, 1.54) is 23.9 Å². The molecule has 0 radical (unpaired) electrons. The molecule has 1 aliphatic rings. The molecule has 5 rings (SSSR count). The summed E-state index contributed by atoms with van der Waals surface area (Å²) in [5, 5.41) is 14.7. The van der Waals surface area contributed by atoms with Gasteiger partial charge in [0.2, 0.25) is 11.8 Å². The van der Waals surface area contributed by atoms with E-state index in [1.54, 1.807) is 6.92 Å². The molecule has 1 saturated carbocycles. The minimum absolute atomic E-state index is 0.139. The van der Waals surface area contributed by atoms with E-state index in [-0.39, 0.29) is 27.4 Å². The molecule has 12 nitrogen and oxygen atoms in total. The zero-order chi connectivity index (χ0) is 31.3. The standard InChI is InChI=1S/C24H20Cl2F5N9O3/c1-10(43-2)18-14(8-32-17-4-16(25)37-40(17)18)36-22(42)34-12-3-13(24(29,30)31)20(33-7-12)39-9-15(19(26)38-39)35-21(41)11-5-23(27,28)6-11/h3-4,7-11H,5-6H2,1-2H3,(H,35,41)(H2,34,36,42)/t10-/m0/s1. The van der Waals surface area contributed by atoms with Crippen molar-refractivity contribution in [1.82, 2.24) is 29.4 Å². The number of rotatable bonds is 7. The average Bonchev–Trinajstić information content (AvgIpc) is 3.47. The molecular formula is C24H20Cl2F5N9O3. The van der Waals surface area contributed by atoms with Crippen LogP contribution in [0.1, 0.15) is 37.1 Å². The third-order valence-corrected chi connectivity index (χ3v) is 6.98. The Morgan fingerprint density at radius 1 is 1.07 bits per heavy atom. The van der Waals surface area contributed by atoms with Gasteiger partial charge < -0.3 is 20.7 Å². The van der Waals surface area contributed by atoms with E-state index < -0.39 is 60.3 Å². The third kappa shape index (κ3) is 6.33. The Bertz CT molecular complexity index is 1720. The van der Waals surface area contributed by atoms with Gasteiger partial charge in [0, 0.05) is 31.9 Å². The molecule has 3 N–H and O–H groups in total. The summed E-state index contributed by atoms with van der Waals surface area (Å²) in [6, 6.07) is 1.18. The van der Waals surface area contributed by atoms with Crippen molar-refractivity contribution in [2.75, 3.05) is 23.1 Å². The second-order valence-electron chi connectivity index (χ2n) is 9.57. The van der Waals surface area contributed by atoms with Crippen LogP contribution in [0.2, 0.25) is 10.3 Å². The Hall–Kier alpha value is -4.09. The van der Waals surface area contributed by atoms with Gasteiger partial charge in [0.05, 0.1) is 47.5 Å². The van der Waals surface area contributed by atoms with E-state index in [0.717, 1.165) is 12.4 Å². The summed E-state index contributed by atoms with van der Waals surface area (Å²) in [5.41, 5.74) is -0.943. The summed E-state index contributed by atoms with van der Waals surface area (Å²) in [4.78, 5) is 33.0. The molecule has 0 spiro atoms. The fraction of sp³-hybridized carbons (Fsp3) is 0.333. The molecule has 1 atom stereocenters. The van der Waals surface area contributed by atoms with E-state index in [2.05, 4.69) is 36.1 Å². The number of halogens is 7.